The lowest BCUT2D eigenvalue weighted by atomic mass is 9.87. The lowest BCUT2D eigenvalue weighted by Gasteiger charge is -2.23. The Morgan fingerprint density at radius 1 is 1.27 bits per heavy atom. The first-order valence-electron chi connectivity index (χ1n) is 7.14. The molecule has 0 bridgehead atoms. The van der Waals surface area contributed by atoms with Crippen LogP contribution in [0.4, 0.5) is 0 Å². The SMILES string of the molecule is CC1(CNC(=O)c2cc(C(=O)O)co2)Cc2ccccc2C1. The van der Waals surface area contributed by atoms with Gasteiger partial charge >= 0.3 is 5.97 Å². The quantitative estimate of drug-likeness (QED) is 0.909. The number of rotatable bonds is 4. The number of aromatic carboxylic acids is 1. The molecule has 1 aliphatic rings. The zero-order valence-electron chi connectivity index (χ0n) is 12.3. The number of amides is 1. The van der Waals surface area contributed by atoms with E-state index in [9.17, 15) is 9.59 Å². The van der Waals surface area contributed by atoms with E-state index in [-0.39, 0.29) is 22.6 Å². The van der Waals surface area contributed by atoms with E-state index in [1.165, 1.54) is 17.2 Å². The van der Waals surface area contributed by atoms with Gasteiger partial charge in [-0.2, -0.15) is 0 Å². The van der Waals surface area contributed by atoms with Gasteiger partial charge in [-0.15, -0.1) is 0 Å². The van der Waals surface area contributed by atoms with Gasteiger partial charge in [0.15, 0.2) is 5.76 Å². The van der Waals surface area contributed by atoms with Crippen molar-refractivity contribution in [2.45, 2.75) is 19.8 Å². The first kappa shape index (κ1) is 14.4. The maximum Gasteiger partial charge on any atom is 0.338 e. The molecule has 5 nitrogen and oxygen atoms in total. The predicted octanol–water partition coefficient (Wildman–Crippen LogP) is 2.51. The normalized spacial score (nSPS) is 15.3. The molecule has 22 heavy (non-hydrogen) atoms. The maximum absolute atomic E-state index is 12.1. The fraction of sp³-hybridized carbons (Fsp3) is 0.294. The summed E-state index contributed by atoms with van der Waals surface area (Å²) in [6.45, 7) is 2.65. The van der Waals surface area contributed by atoms with Gasteiger partial charge < -0.3 is 14.8 Å². The molecule has 114 valence electrons. The second-order valence-electron chi connectivity index (χ2n) is 6.12. The highest BCUT2D eigenvalue weighted by Gasteiger charge is 2.33. The number of hydrogen-bond acceptors (Lipinski definition) is 3. The molecule has 1 amide bonds. The Bertz CT molecular complexity index is 707. The van der Waals surface area contributed by atoms with E-state index in [4.69, 9.17) is 9.52 Å². The van der Waals surface area contributed by atoms with Gasteiger partial charge in [-0.25, -0.2) is 4.79 Å². The molecule has 1 aromatic carbocycles. The van der Waals surface area contributed by atoms with Gasteiger partial charge in [0.2, 0.25) is 0 Å². The van der Waals surface area contributed by atoms with E-state index in [0.717, 1.165) is 19.1 Å². The average molecular weight is 299 g/mol. The molecule has 2 N–H and O–H groups in total. The summed E-state index contributed by atoms with van der Waals surface area (Å²) in [4.78, 5) is 22.8. The van der Waals surface area contributed by atoms with Gasteiger partial charge in [-0.05, 0) is 29.4 Å². The molecule has 0 unspecified atom stereocenters. The number of hydrogen-bond donors (Lipinski definition) is 2. The van der Waals surface area contributed by atoms with Crippen LogP contribution in [0.2, 0.25) is 0 Å². The van der Waals surface area contributed by atoms with Gasteiger partial charge in [0, 0.05) is 12.6 Å². The van der Waals surface area contributed by atoms with Crippen LogP contribution in [0.1, 0.15) is 39.0 Å². The summed E-state index contributed by atoms with van der Waals surface area (Å²) >= 11 is 0. The molecule has 0 aliphatic heterocycles. The lowest BCUT2D eigenvalue weighted by Crippen LogP contribution is -2.36. The minimum absolute atomic E-state index is 0.0235. The predicted molar refractivity (Wildman–Crippen MR) is 80.0 cm³/mol. The fourth-order valence-corrected chi connectivity index (χ4v) is 2.96. The van der Waals surface area contributed by atoms with Crippen molar-refractivity contribution in [3.05, 3.63) is 59.0 Å². The molecular weight excluding hydrogens is 282 g/mol. The molecule has 0 radical (unpaired) electrons. The van der Waals surface area contributed by atoms with Crippen molar-refractivity contribution in [2.24, 2.45) is 5.41 Å². The molecule has 1 aromatic heterocycles. The van der Waals surface area contributed by atoms with E-state index >= 15 is 0 Å². The van der Waals surface area contributed by atoms with Crippen LogP contribution in [0.15, 0.2) is 41.0 Å². The summed E-state index contributed by atoms with van der Waals surface area (Å²) in [6.07, 6.45) is 2.91. The first-order valence-corrected chi connectivity index (χ1v) is 7.14. The maximum atomic E-state index is 12.1. The Morgan fingerprint density at radius 2 is 1.91 bits per heavy atom. The van der Waals surface area contributed by atoms with Crippen LogP contribution in [0, 0.1) is 5.41 Å². The Labute approximate surface area is 127 Å². The Kier molecular flexibility index (Phi) is 3.48. The summed E-state index contributed by atoms with van der Waals surface area (Å²) in [5, 5.41) is 11.7. The van der Waals surface area contributed by atoms with Crippen LogP contribution < -0.4 is 5.32 Å². The van der Waals surface area contributed by atoms with Crippen LogP contribution in [0.3, 0.4) is 0 Å². The van der Waals surface area contributed by atoms with Crippen molar-refractivity contribution < 1.29 is 19.1 Å². The van der Waals surface area contributed by atoms with Crippen LogP contribution >= 0.6 is 0 Å². The largest absolute Gasteiger partial charge is 0.478 e. The molecule has 1 aliphatic carbocycles. The van der Waals surface area contributed by atoms with Crippen molar-refractivity contribution in [3.8, 4) is 0 Å². The highest BCUT2D eigenvalue weighted by Crippen LogP contribution is 2.35. The van der Waals surface area contributed by atoms with Crippen LogP contribution in [0.5, 0.6) is 0 Å². The third kappa shape index (κ3) is 2.74. The van der Waals surface area contributed by atoms with E-state index < -0.39 is 5.97 Å². The van der Waals surface area contributed by atoms with Gasteiger partial charge in [0.05, 0.1) is 5.56 Å². The molecule has 2 aromatic rings. The number of benzene rings is 1. The van der Waals surface area contributed by atoms with Gasteiger partial charge in [0.1, 0.15) is 6.26 Å². The monoisotopic (exact) mass is 299 g/mol. The highest BCUT2D eigenvalue weighted by atomic mass is 16.4. The number of nitrogens with one attached hydrogen (secondary N) is 1. The van der Waals surface area contributed by atoms with Crippen molar-refractivity contribution >= 4 is 11.9 Å². The third-order valence-corrected chi connectivity index (χ3v) is 4.10. The second-order valence-corrected chi connectivity index (χ2v) is 6.12. The number of furan rings is 1. The van der Waals surface area contributed by atoms with E-state index in [1.807, 2.05) is 12.1 Å². The minimum atomic E-state index is -1.11. The molecular formula is C17H17NO4. The molecule has 0 saturated heterocycles. The third-order valence-electron chi connectivity index (χ3n) is 4.10. The summed E-state index contributed by atoms with van der Waals surface area (Å²) in [5.74, 6) is -1.47. The van der Waals surface area contributed by atoms with Crippen molar-refractivity contribution in [2.75, 3.05) is 6.54 Å². The number of carboxylic acids is 1. The summed E-state index contributed by atoms with van der Waals surface area (Å²) in [5.41, 5.74) is 2.60. The highest BCUT2D eigenvalue weighted by molar-refractivity contribution is 5.95. The number of carboxylic acid groups (broad SMARTS) is 1. The summed E-state index contributed by atoms with van der Waals surface area (Å²) in [7, 11) is 0. The number of fused-ring (bicyclic) bond motifs is 1. The Hall–Kier alpha value is -2.56. The molecule has 1 heterocycles. The lowest BCUT2D eigenvalue weighted by molar-refractivity contribution is 0.0696. The molecule has 0 saturated carbocycles. The summed E-state index contributed by atoms with van der Waals surface area (Å²) in [6, 6.07) is 9.53. The van der Waals surface area contributed by atoms with Crippen molar-refractivity contribution in [1.29, 1.82) is 0 Å². The fourth-order valence-electron chi connectivity index (χ4n) is 2.96. The van der Waals surface area contributed by atoms with Crippen molar-refractivity contribution in [3.63, 3.8) is 0 Å². The minimum Gasteiger partial charge on any atom is -0.478 e. The standard InChI is InChI=1S/C17H17NO4/c1-17(7-11-4-2-3-5-12(11)8-17)10-18-15(19)14-6-13(9-22-14)16(20)21/h2-6,9H,7-8,10H2,1H3,(H,18,19)(H,20,21). The Balaban J connectivity index is 1.63. The zero-order valence-corrected chi connectivity index (χ0v) is 12.3. The van der Waals surface area contributed by atoms with Gasteiger partial charge in [-0.3, -0.25) is 4.79 Å². The summed E-state index contributed by atoms with van der Waals surface area (Å²) < 4.78 is 5.00. The molecule has 3 rings (SSSR count). The van der Waals surface area contributed by atoms with Crippen LogP contribution in [0.25, 0.3) is 0 Å². The first-order chi connectivity index (χ1) is 10.5. The topological polar surface area (TPSA) is 79.5 Å². The average Bonchev–Trinajstić information content (AvgIpc) is 3.08. The van der Waals surface area contributed by atoms with Crippen LogP contribution in [-0.4, -0.2) is 23.5 Å². The van der Waals surface area contributed by atoms with Gasteiger partial charge in [0.25, 0.3) is 5.91 Å². The zero-order chi connectivity index (χ0) is 15.7. The van der Waals surface area contributed by atoms with E-state index in [0.29, 0.717) is 6.54 Å². The second kappa shape index (κ2) is 5.33. The van der Waals surface area contributed by atoms with Crippen LogP contribution in [-0.2, 0) is 12.8 Å². The Morgan fingerprint density at radius 3 is 2.45 bits per heavy atom. The molecule has 0 spiro atoms. The number of carbonyl (C=O) groups excluding carboxylic acids is 1. The van der Waals surface area contributed by atoms with E-state index in [2.05, 4.69) is 24.4 Å². The molecule has 5 heteroatoms. The van der Waals surface area contributed by atoms with E-state index in [1.54, 1.807) is 0 Å². The van der Waals surface area contributed by atoms with Crippen molar-refractivity contribution in [1.82, 2.24) is 5.32 Å². The smallest absolute Gasteiger partial charge is 0.338 e. The molecule has 0 atom stereocenters. The molecule has 0 fully saturated rings. The van der Waals surface area contributed by atoms with Gasteiger partial charge in [-0.1, -0.05) is 31.2 Å². The number of carbonyl (C=O) groups is 2.